The second-order valence-electron chi connectivity index (χ2n) is 4.39. The van der Waals surface area contributed by atoms with Crippen molar-refractivity contribution in [1.29, 1.82) is 0 Å². The number of phenols is 1. The first-order valence-corrected chi connectivity index (χ1v) is 6.17. The van der Waals surface area contributed by atoms with Crippen molar-refractivity contribution in [2.24, 2.45) is 0 Å². The summed E-state index contributed by atoms with van der Waals surface area (Å²) in [7, 11) is 1.68. The van der Waals surface area contributed by atoms with E-state index in [1.165, 1.54) is 0 Å². The molecule has 0 spiro atoms. The van der Waals surface area contributed by atoms with Gasteiger partial charge in [-0.2, -0.15) is 0 Å². The Bertz CT molecular complexity index is 525. The van der Waals surface area contributed by atoms with Gasteiger partial charge in [0.25, 0.3) is 0 Å². The molecule has 0 fully saturated rings. The van der Waals surface area contributed by atoms with Gasteiger partial charge in [-0.3, -0.25) is 0 Å². The van der Waals surface area contributed by atoms with Crippen molar-refractivity contribution in [3.63, 3.8) is 0 Å². The van der Waals surface area contributed by atoms with E-state index in [0.29, 0.717) is 12.4 Å². The van der Waals surface area contributed by atoms with Crippen molar-refractivity contribution >= 4 is 10.8 Å². The quantitative estimate of drug-likeness (QED) is 0.796. The van der Waals surface area contributed by atoms with Crippen LogP contribution in [0.5, 0.6) is 5.75 Å². The third-order valence-electron chi connectivity index (χ3n) is 3.16. The molecule has 0 saturated heterocycles. The van der Waals surface area contributed by atoms with E-state index in [4.69, 9.17) is 4.74 Å². The van der Waals surface area contributed by atoms with Crippen LogP contribution in [0.1, 0.15) is 18.5 Å². The Morgan fingerprint density at radius 1 is 1.22 bits per heavy atom. The van der Waals surface area contributed by atoms with Crippen LogP contribution in [0, 0.1) is 0 Å². The van der Waals surface area contributed by atoms with Gasteiger partial charge >= 0.3 is 0 Å². The van der Waals surface area contributed by atoms with E-state index in [1.54, 1.807) is 7.11 Å². The van der Waals surface area contributed by atoms with Gasteiger partial charge < -0.3 is 15.2 Å². The zero-order valence-corrected chi connectivity index (χ0v) is 10.8. The maximum absolute atomic E-state index is 10.3. The van der Waals surface area contributed by atoms with E-state index < -0.39 is 0 Å². The molecule has 0 aromatic heterocycles. The molecule has 0 amide bonds. The lowest BCUT2D eigenvalue weighted by atomic mass is 10.0. The zero-order valence-electron chi connectivity index (χ0n) is 10.8. The fraction of sp³-hybridized carbons (Fsp3) is 0.333. The normalized spacial score (nSPS) is 12.8. The molecule has 2 N–H and O–H groups in total. The highest BCUT2D eigenvalue weighted by molar-refractivity contribution is 5.89. The fourth-order valence-corrected chi connectivity index (χ4v) is 2.11. The molecule has 0 radical (unpaired) electrons. The average molecular weight is 245 g/mol. The minimum absolute atomic E-state index is 0.102. The van der Waals surface area contributed by atoms with E-state index in [9.17, 15) is 5.11 Å². The summed E-state index contributed by atoms with van der Waals surface area (Å²) < 4.78 is 5.00. The molecule has 18 heavy (non-hydrogen) atoms. The highest BCUT2D eigenvalue weighted by atomic mass is 16.5. The summed E-state index contributed by atoms with van der Waals surface area (Å²) in [6, 6.07) is 12.0. The van der Waals surface area contributed by atoms with E-state index in [2.05, 4.69) is 5.32 Å². The molecule has 0 aliphatic heterocycles. The predicted octanol–water partition coefficient (Wildman–Crippen LogP) is 2.84. The SMILES string of the molecule is COCCNC(C)c1ccc2ccccc2c1O. The summed E-state index contributed by atoms with van der Waals surface area (Å²) in [5, 5.41) is 15.6. The predicted molar refractivity (Wildman–Crippen MR) is 73.9 cm³/mol. The Hall–Kier alpha value is -1.58. The highest BCUT2D eigenvalue weighted by Gasteiger charge is 2.11. The zero-order chi connectivity index (χ0) is 13.0. The molecule has 1 unspecified atom stereocenters. The van der Waals surface area contributed by atoms with Crippen molar-refractivity contribution in [1.82, 2.24) is 5.32 Å². The third-order valence-corrected chi connectivity index (χ3v) is 3.16. The molecule has 3 nitrogen and oxygen atoms in total. The third kappa shape index (κ3) is 2.63. The lowest BCUT2D eigenvalue weighted by Crippen LogP contribution is -2.22. The van der Waals surface area contributed by atoms with Gasteiger partial charge in [0.2, 0.25) is 0 Å². The van der Waals surface area contributed by atoms with E-state index >= 15 is 0 Å². The van der Waals surface area contributed by atoms with Gasteiger partial charge in [0.05, 0.1) is 6.61 Å². The molecule has 1 atom stereocenters. The minimum Gasteiger partial charge on any atom is -0.507 e. The molecular formula is C15H19NO2. The molecule has 3 heteroatoms. The van der Waals surface area contributed by atoms with Crippen LogP contribution in [0.4, 0.5) is 0 Å². The van der Waals surface area contributed by atoms with Crippen LogP contribution >= 0.6 is 0 Å². The molecule has 2 rings (SSSR count). The number of benzene rings is 2. The monoisotopic (exact) mass is 245 g/mol. The Balaban J connectivity index is 2.25. The van der Waals surface area contributed by atoms with Crippen LogP contribution in [-0.4, -0.2) is 25.4 Å². The second kappa shape index (κ2) is 5.85. The maximum atomic E-state index is 10.3. The van der Waals surface area contributed by atoms with Crippen LogP contribution in [0.25, 0.3) is 10.8 Å². The smallest absolute Gasteiger partial charge is 0.128 e. The lowest BCUT2D eigenvalue weighted by molar-refractivity contribution is 0.196. The Labute approximate surface area is 107 Å². The van der Waals surface area contributed by atoms with Crippen molar-refractivity contribution < 1.29 is 9.84 Å². The lowest BCUT2D eigenvalue weighted by Gasteiger charge is -2.16. The number of hydrogen-bond donors (Lipinski definition) is 2. The molecular weight excluding hydrogens is 226 g/mol. The number of aromatic hydroxyl groups is 1. The van der Waals surface area contributed by atoms with Crippen molar-refractivity contribution in [3.05, 3.63) is 42.0 Å². The summed E-state index contributed by atoms with van der Waals surface area (Å²) in [6.07, 6.45) is 0. The largest absolute Gasteiger partial charge is 0.507 e. The minimum atomic E-state index is 0.102. The maximum Gasteiger partial charge on any atom is 0.128 e. The summed E-state index contributed by atoms with van der Waals surface area (Å²) >= 11 is 0. The number of phenolic OH excluding ortho intramolecular Hbond substituents is 1. The van der Waals surface area contributed by atoms with Gasteiger partial charge in [-0.25, -0.2) is 0 Å². The first-order valence-electron chi connectivity index (χ1n) is 6.17. The number of rotatable bonds is 5. The Morgan fingerprint density at radius 2 is 2.00 bits per heavy atom. The van der Waals surface area contributed by atoms with Gasteiger partial charge in [0.15, 0.2) is 0 Å². The van der Waals surface area contributed by atoms with Gasteiger partial charge in [0.1, 0.15) is 5.75 Å². The number of fused-ring (bicyclic) bond motifs is 1. The number of methoxy groups -OCH3 is 1. The topological polar surface area (TPSA) is 41.5 Å². The van der Waals surface area contributed by atoms with Gasteiger partial charge in [0, 0.05) is 30.6 Å². The van der Waals surface area contributed by atoms with Crippen LogP contribution < -0.4 is 5.32 Å². The first kappa shape index (κ1) is 12.9. The van der Waals surface area contributed by atoms with Gasteiger partial charge in [-0.15, -0.1) is 0 Å². The van der Waals surface area contributed by atoms with E-state index in [-0.39, 0.29) is 6.04 Å². The Kier molecular flexibility index (Phi) is 4.18. The number of hydrogen-bond acceptors (Lipinski definition) is 3. The van der Waals surface area contributed by atoms with Gasteiger partial charge in [-0.05, 0) is 12.3 Å². The summed E-state index contributed by atoms with van der Waals surface area (Å²) in [5.41, 5.74) is 0.921. The number of ether oxygens (including phenoxy) is 1. The summed E-state index contributed by atoms with van der Waals surface area (Å²) in [4.78, 5) is 0. The summed E-state index contributed by atoms with van der Waals surface area (Å²) in [6.45, 7) is 3.47. The van der Waals surface area contributed by atoms with Crippen molar-refractivity contribution in [2.45, 2.75) is 13.0 Å². The van der Waals surface area contributed by atoms with Crippen LogP contribution in [0.3, 0.4) is 0 Å². The van der Waals surface area contributed by atoms with Crippen LogP contribution in [0.15, 0.2) is 36.4 Å². The Morgan fingerprint density at radius 3 is 2.78 bits per heavy atom. The van der Waals surface area contributed by atoms with Crippen molar-refractivity contribution in [3.8, 4) is 5.75 Å². The fourth-order valence-electron chi connectivity index (χ4n) is 2.11. The molecule has 2 aromatic carbocycles. The molecule has 2 aromatic rings. The molecule has 0 aliphatic carbocycles. The summed E-state index contributed by atoms with van der Waals surface area (Å²) in [5.74, 6) is 0.366. The highest BCUT2D eigenvalue weighted by Crippen LogP contribution is 2.32. The van der Waals surface area contributed by atoms with Crippen LogP contribution in [-0.2, 0) is 4.74 Å². The first-order chi connectivity index (χ1) is 8.74. The molecule has 96 valence electrons. The molecule has 0 saturated carbocycles. The van der Waals surface area contributed by atoms with Crippen LogP contribution in [0.2, 0.25) is 0 Å². The standard InChI is InChI=1S/C15H19NO2/c1-11(16-9-10-18-2)13-8-7-12-5-3-4-6-14(12)15(13)17/h3-8,11,16-17H,9-10H2,1-2H3. The van der Waals surface area contributed by atoms with Crippen molar-refractivity contribution in [2.75, 3.05) is 20.3 Å². The van der Waals surface area contributed by atoms with E-state index in [0.717, 1.165) is 22.9 Å². The van der Waals surface area contributed by atoms with Gasteiger partial charge in [-0.1, -0.05) is 36.4 Å². The van der Waals surface area contributed by atoms with E-state index in [1.807, 2.05) is 43.3 Å². The second-order valence-corrected chi connectivity index (χ2v) is 4.39. The molecule has 0 bridgehead atoms. The number of nitrogens with one attached hydrogen (secondary N) is 1. The average Bonchev–Trinajstić information content (AvgIpc) is 2.39. The molecule has 0 heterocycles. The molecule has 0 aliphatic rings.